The molecule has 1 aromatic heterocycles. The number of rotatable bonds is 6. The van der Waals surface area contributed by atoms with Gasteiger partial charge in [-0.15, -0.1) is 23.7 Å². The highest BCUT2D eigenvalue weighted by molar-refractivity contribution is 7.09. The standard InChI is InChI=1S/C15H17ClN4O2S.ClH/c1-15(14(18)22,9-3-2-4-10(16)7-9)20-13(21)11-8-23-12(19-11)5-6-17;/h2-4,7-8H,5-6,17H2,1H3,(H2,18,22)(H,20,21);1H. The normalized spacial score (nSPS) is 12.8. The Morgan fingerprint density at radius 1 is 1.42 bits per heavy atom. The second kappa shape index (κ2) is 8.43. The van der Waals surface area contributed by atoms with Crippen LogP contribution in [0, 0.1) is 0 Å². The molecule has 1 unspecified atom stereocenters. The molecule has 0 aliphatic rings. The molecular weight excluding hydrogens is 371 g/mol. The molecule has 0 aliphatic heterocycles. The summed E-state index contributed by atoms with van der Waals surface area (Å²) in [6.07, 6.45) is 0.597. The quantitative estimate of drug-likeness (QED) is 0.700. The topological polar surface area (TPSA) is 111 Å². The molecule has 5 N–H and O–H groups in total. The van der Waals surface area contributed by atoms with E-state index in [4.69, 9.17) is 23.1 Å². The molecule has 1 atom stereocenters. The minimum Gasteiger partial charge on any atom is -0.367 e. The first-order valence-electron chi connectivity index (χ1n) is 6.89. The van der Waals surface area contributed by atoms with Gasteiger partial charge in [-0.3, -0.25) is 9.59 Å². The van der Waals surface area contributed by atoms with E-state index in [1.807, 2.05) is 0 Å². The smallest absolute Gasteiger partial charge is 0.271 e. The van der Waals surface area contributed by atoms with E-state index in [2.05, 4.69) is 10.3 Å². The molecule has 9 heteroatoms. The van der Waals surface area contributed by atoms with Crippen LogP contribution in [0.1, 0.15) is 28.0 Å². The Morgan fingerprint density at radius 2 is 2.12 bits per heavy atom. The number of primary amides is 1. The maximum absolute atomic E-state index is 12.4. The van der Waals surface area contributed by atoms with Crippen molar-refractivity contribution in [3.05, 3.63) is 50.9 Å². The minimum absolute atomic E-state index is 0. The molecule has 6 nitrogen and oxygen atoms in total. The maximum Gasteiger partial charge on any atom is 0.271 e. The fourth-order valence-electron chi connectivity index (χ4n) is 2.02. The molecule has 0 aliphatic carbocycles. The molecule has 0 saturated heterocycles. The fraction of sp³-hybridized carbons (Fsp3) is 0.267. The number of hydrogen-bond donors (Lipinski definition) is 3. The van der Waals surface area contributed by atoms with Gasteiger partial charge in [0.1, 0.15) is 11.2 Å². The van der Waals surface area contributed by atoms with Crippen LogP contribution in [-0.4, -0.2) is 23.3 Å². The molecule has 2 aromatic rings. The van der Waals surface area contributed by atoms with Gasteiger partial charge in [-0.25, -0.2) is 4.98 Å². The van der Waals surface area contributed by atoms with Crippen LogP contribution in [0.25, 0.3) is 0 Å². The summed E-state index contributed by atoms with van der Waals surface area (Å²) in [4.78, 5) is 28.5. The van der Waals surface area contributed by atoms with Crippen molar-refractivity contribution in [1.82, 2.24) is 10.3 Å². The second-order valence-electron chi connectivity index (χ2n) is 5.12. The Hall–Kier alpha value is -1.67. The predicted octanol–water partition coefficient (Wildman–Crippen LogP) is 1.85. The number of amides is 2. The maximum atomic E-state index is 12.4. The molecule has 0 saturated carbocycles. The SMILES string of the molecule is CC(NC(=O)c1csc(CCN)n1)(C(N)=O)c1cccc(Cl)c1.Cl. The Bertz CT molecular complexity index is 738. The highest BCUT2D eigenvalue weighted by Gasteiger charge is 2.35. The van der Waals surface area contributed by atoms with Gasteiger partial charge in [-0.05, 0) is 31.2 Å². The lowest BCUT2D eigenvalue weighted by Gasteiger charge is -2.27. The van der Waals surface area contributed by atoms with Gasteiger partial charge < -0.3 is 16.8 Å². The van der Waals surface area contributed by atoms with Gasteiger partial charge in [-0.1, -0.05) is 23.7 Å². The van der Waals surface area contributed by atoms with E-state index >= 15 is 0 Å². The third kappa shape index (κ3) is 4.45. The van der Waals surface area contributed by atoms with E-state index in [-0.39, 0.29) is 18.1 Å². The van der Waals surface area contributed by atoms with Crippen LogP contribution in [0.2, 0.25) is 5.02 Å². The van der Waals surface area contributed by atoms with Crippen LogP contribution in [0.3, 0.4) is 0 Å². The van der Waals surface area contributed by atoms with Crippen molar-refractivity contribution in [2.75, 3.05) is 6.54 Å². The van der Waals surface area contributed by atoms with E-state index in [1.54, 1.807) is 29.6 Å². The van der Waals surface area contributed by atoms with Crippen LogP contribution in [0.15, 0.2) is 29.6 Å². The molecule has 0 fully saturated rings. The summed E-state index contributed by atoms with van der Waals surface area (Å²) in [6, 6.07) is 6.63. The van der Waals surface area contributed by atoms with Crippen LogP contribution >= 0.6 is 35.3 Å². The van der Waals surface area contributed by atoms with Gasteiger partial charge in [0.25, 0.3) is 5.91 Å². The van der Waals surface area contributed by atoms with Gasteiger partial charge in [0.15, 0.2) is 0 Å². The lowest BCUT2D eigenvalue weighted by molar-refractivity contribution is -0.123. The number of halogens is 2. The third-order valence-corrected chi connectivity index (χ3v) is 4.54. The van der Waals surface area contributed by atoms with Crippen molar-refractivity contribution < 1.29 is 9.59 Å². The van der Waals surface area contributed by atoms with Crippen molar-refractivity contribution in [3.8, 4) is 0 Å². The summed E-state index contributed by atoms with van der Waals surface area (Å²) in [6.45, 7) is 1.99. The molecule has 1 heterocycles. The molecule has 24 heavy (non-hydrogen) atoms. The average molecular weight is 389 g/mol. The summed E-state index contributed by atoms with van der Waals surface area (Å²) in [5.41, 5.74) is 10.3. The van der Waals surface area contributed by atoms with Crippen molar-refractivity contribution in [2.45, 2.75) is 18.9 Å². The third-order valence-electron chi connectivity index (χ3n) is 3.40. The zero-order chi connectivity index (χ0) is 17.0. The van der Waals surface area contributed by atoms with E-state index < -0.39 is 17.4 Å². The lowest BCUT2D eigenvalue weighted by atomic mass is 9.91. The number of nitrogens with two attached hydrogens (primary N) is 2. The monoisotopic (exact) mass is 388 g/mol. The predicted molar refractivity (Wildman–Crippen MR) is 97.6 cm³/mol. The Balaban J connectivity index is 0.00000288. The van der Waals surface area contributed by atoms with E-state index in [1.165, 1.54) is 18.3 Å². The molecule has 0 bridgehead atoms. The first kappa shape index (κ1) is 20.4. The first-order chi connectivity index (χ1) is 10.9. The molecule has 0 spiro atoms. The van der Waals surface area contributed by atoms with Crippen LogP contribution in [0.4, 0.5) is 0 Å². The van der Waals surface area contributed by atoms with Gasteiger partial charge in [0.05, 0.1) is 5.01 Å². The lowest BCUT2D eigenvalue weighted by Crippen LogP contribution is -2.52. The highest BCUT2D eigenvalue weighted by Crippen LogP contribution is 2.24. The Labute approximate surface area is 155 Å². The van der Waals surface area contributed by atoms with Gasteiger partial charge in [0, 0.05) is 16.8 Å². The van der Waals surface area contributed by atoms with Crippen LogP contribution < -0.4 is 16.8 Å². The van der Waals surface area contributed by atoms with Crippen molar-refractivity contribution in [1.29, 1.82) is 0 Å². The van der Waals surface area contributed by atoms with Crippen molar-refractivity contribution in [3.63, 3.8) is 0 Å². The number of hydrogen-bond acceptors (Lipinski definition) is 5. The molecule has 130 valence electrons. The summed E-state index contributed by atoms with van der Waals surface area (Å²) in [5, 5.41) is 5.49. The number of thiazole rings is 1. The number of aromatic nitrogens is 1. The van der Waals surface area contributed by atoms with Crippen molar-refractivity contribution in [2.24, 2.45) is 11.5 Å². The van der Waals surface area contributed by atoms with Gasteiger partial charge in [0.2, 0.25) is 5.91 Å². The zero-order valence-corrected chi connectivity index (χ0v) is 15.3. The molecule has 2 amide bonds. The summed E-state index contributed by atoms with van der Waals surface area (Å²) in [7, 11) is 0. The molecular formula is C15H18Cl2N4O2S. The van der Waals surface area contributed by atoms with Gasteiger partial charge >= 0.3 is 0 Å². The molecule has 2 rings (SSSR count). The zero-order valence-electron chi connectivity index (χ0n) is 12.9. The summed E-state index contributed by atoms with van der Waals surface area (Å²) < 4.78 is 0. The van der Waals surface area contributed by atoms with Crippen LogP contribution in [0.5, 0.6) is 0 Å². The van der Waals surface area contributed by atoms with Gasteiger partial charge in [-0.2, -0.15) is 0 Å². The summed E-state index contributed by atoms with van der Waals surface area (Å²) in [5.74, 6) is -1.17. The number of nitrogens with one attached hydrogen (secondary N) is 1. The number of carbonyl (C=O) groups is 2. The van der Waals surface area contributed by atoms with E-state index in [9.17, 15) is 9.59 Å². The second-order valence-corrected chi connectivity index (χ2v) is 6.50. The minimum atomic E-state index is -1.39. The Kier molecular flexibility index (Phi) is 7.16. The molecule has 1 aromatic carbocycles. The first-order valence-corrected chi connectivity index (χ1v) is 8.15. The van der Waals surface area contributed by atoms with Crippen LogP contribution in [-0.2, 0) is 16.8 Å². The summed E-state index contributed by atoms with van der Waals surface area (Å²) >= 11 is 7.31. The number of nitrogens with zero attached hydrogens (tertiary/aromatic N) is 1. The number of benzene rings is 1. The Morgan fingerprint density at radius 3 is 2.71 bits per heavy atom. The van der Waals surface area contributed by atoms with Crippen molar-refractivity contribution >= 4 is 47.2 Å². The number of carbonyl (C=O) groups excluding carboxylic acids is 2. The van der Waals surface area contributed by atoms with E-state index in [0.717, 1.165) is 5.01 Å². The average Bonchev–Trinajstić information content (AvgIpc) is 2.96. The molecule has 0 radical (unpaired) electrons. The highest BCUT2D eigenvalue weighted by atomic mass is 35.5. The largest absolute Gasteiger partial charge is 0.367 e. The van der Waals surface area contributed by atoms with E-state index in [0.29, 0.717) is 23.6 Å². The fourth-order valence-corrected chi connectivity index (χ4v) is 3.00.